The van der Waals surface area contributed by atoms with Crippen LogP contribution in [0.25, 0.3) is 0 Å². The van der Waals surface area contributed by atoms with Gasteiger partial charge in [0.1, 0.15) is 0 Å². The van der Waals surface area contributed by atoms with Crippen LogP contribution in [0.2, 0.25) is 0 Å². The number of carbonyl (C=O) groups excluding carboxylic acids is 1. The quantitative estimate of drug-likeness (QED) is 0.379. The lowest BCUT2D eigenvalue weighted by Crippen LogP contribution is -2.11. The van der Waals surface area contributed by atoms with Crippen molar-refractivity contribution in [3.8, 4) is 11.5 Å². The lowest BCUT2D eigenvalue weighted by Gasteiger charge is -2.05. The van der Waals surface area contributed by atoms with Gasteiger partial charge in [0.25, 0.3) is 5.91 Å². The third-order valence-corrected chi connectivity index (χ3v) is 1.62. The van der Waals surface area contributed by atoms with Gasteiger partial charge in [-0.3, -0.25) is 4.79 Å². The largest absolute Gasteiger partial charge is 0.504 e. The van der Waals surface area contributed by atoms with E-state index in [-0.39, 0.29) is 17.4 Å². The van der Waals surface area contributed by atoms with Gasteiger partial charge < -0.3 is 15.5 Å². The van der Waals surface area contributed by atoms with Crippen molar-refractivity contribution in [2.45, 2.75) is 6.92 Å². The van der Waals surface area contributed by atoms with E-state index in [1.165, 1.54) is 18.2 Å². The van der Waals surface area contributed by atoms with Crippen LogP contribution < -0.4 is 5.32 Å². The first-order valence-electron chi connectivity index (χ1n) is 3.99. The summed E-state index contributed by atoms with van der Waals surface area (Å²) >= 11 is 0. The Balaban J connectivity index is 2.83. The lowest BCUT2D eigenvalue weighted by atomic mass is 10.2. The van der Waals surface area contributed by atoms with Gasteiger partial charge in [-0.15, -0.1) is 0 Å². The molecule has 74 valence electrons. The second-order valence-corrected chi connectivity index (χ2v) is 2.94. The molecule has 0 bridgehead atoms. The zero-order valence-electron chi connectivity index (χ0n) is 7.74. The highest BCUT2D eigenvalue weighted by Gasteiger charge is 2.04. The monoisotopic (exact) mass is 193 g/mol. The number of anilines is 1. The third-order valence-electron chi connectivity index (χ3n) is 1.62. The Kier molecular flexibility index (Phi) is 2.76. The molecule has 14 heavy (non-hydrogen) atoms. The number of amides is 1. The van der Waals surface area contributed by atoms with E-state index >= 15 is 0 Å². The maximum Gasteiger partial charge on any atom is 0.250 e. The summed E-state index contributed by atoms with van der Waals surface area (Å²) in [6, 6.07) is 4.04. The predicted octanol–water partition coefficient (Wildman–Crippen LogP) is 1.61. The zero-order chi connectivity index (χ0) is 10.7. The molecule has 0 saturated carbocycles. The summed E-state index contributed by atoms with van der Waals surface area (Å²) in [6.07, 6.45) is 0. The minimum absolute atomic E-state index is 0.224. The fourth-order valence-corrected chi connectivity index (χ4v) is 0.839. The number of hydrogen-bond donors (Lipinski definition) is 3. The molecule has 0 heterocycles. The Morgan fingerprint density at radius 2 is 2.00 bits per heavy atom. The van der Waals surface area contributed by atoms with E-state index in [1.807, 2.05) is 0 Å². The van der Waals surface area contributed by atoms with Gasteiger partial charge in [0.15, 0.2) is 11.5 Å². The smallest absolute Gasteiger partial charge is 0.250 e. The standard InChI is InChI=1S/C10H11NO3/c1-6(2)10(14)11-7-3-4-8(12)9(13)5-7/h3-5,12-13H,1H2,2H3,(H,11,14). The maximum absolute atomic E-state index is 11.2. The molecule has 1 aromatic carbocycles. The molecule has 0 saturated heterocycles. The Hall–Kier alpha value is -1.97. The molecule has 4 heteroatoms. The highest BCUT2D eigenvalue weighted by molar-refractivity contribution is 6.02. The van der Waals surface area contributed by atoms with Crippen molar-refractivity contribution < 1.29 is 15.0 Å². The molecule has 0 spiro atoms. The van der Waals surface area contributed by atoms with Crippen LogP contribution in [-0.4, -0.2) is 16.1 Å². The molecule has 0 radical (unpaired) electrons. The molecular formula is C10H11NO3. The predicted molar refractivity (Wildman–Crippen MR) is 53.2 cm³/mol. The van der Waals surface area contributed by atoms with Crippen LogP contribution in [0, 0.1) is 0 Å². The molecule has 3 N–H and O–H groups in total. The molecule has 1 aromatic rings. The van der Waals surface area contributed by atoms with Crippen LogP contribution in [0.4, 0.5) is 5.69 Å². The summed E-state index contributed by atoms with van der Waals surface area (Å²) in [5.41, 5.74) is 0.783. The van der Waals surface area contributed by atoms with Crippen molar-refractivity contribution in [3.63, 3.8) is 0 Å². The van der Waals surface area contributed by atoms with Crippen LogP contribution in [0.15, 0.2) is 30.4 Å². The first kappa shape index (κ1) is 10.1. The van der Waals surface area contributed by atoms with Crippen molar-refractivity contribution in [2.24, 2.45) is 0 Å². The molecule has 0 fully saturated rings. The first-order chi connectivity index (χ1) is 6.50. The minimum atomic E-state index is -0.324. The number of rotatable bonds is 2. The highest BCUT2D eigenvalue weighted by Crippen LogP contribution is 2.27. The van der Waals surface area contributed by atoms with Crippen LogP contribution in [0.3, 0.4) is 0 Å². The van der Waals surface area contributed by atoms with Gasteiger partial charge in [-0.2, -0.15) is 0 Å². The van der Waals surface area contributed by atoms with E-state index in [0.29, 0.717) is 11.3 Å². The number of phenols is 2. The number of phenolic OH excluding ortho intramolecular Hbond substituents is 2. The number of nitrogens with one attached hydrogen (secondary N) is 1. The van der Waals surface area contributed by atoms with Gasteiger partial charge in [-0.1, -0.05) is 6.58 Å². The number of carbonyl (C=O) groups is 1. The molecular weight excluding hydrogens is 182 g/mol. The normalized spacial score (nSPS) is 9.50. The maximum atomic E-state index is 11.2. The molecule has 0 atom stereocenters. The molecule has 0 aliphatic heterocycles. The van der Waals surface area contributed by atoms with Gasteiger partial charge >= 0.3 is 0 Å². The Labute approximate surface area is 81.5 Å². The summed E-state index contributed by atoms with van der Waals surface area (Å²) in [6.45, 7) is 5.05. The number of aromatic hydroxyl groups is 2. The van der Waals surface area contributed by atoms with E-state index in [2.05, 4.69) is 11.9 Å². The van der Waals surface area contributed by atoms with Gasteiger partial charge in [0, 0.05) is 17.3 Å². The summed E-state index contributed by atoms with van der Waals surface area (Å²) in [5, 5.41) is 20.6. The fourth-order valence-electron chi connectivity index (χ4n) is 0.839. The van der Waals surface area contributed by atoms with Crippen molar-refractivity contribution in [2.75, 3.05) is 5.32 Å². The van der Waals surface area contributed by atoms with E-state index < -0.39 is 0 Å². The lowest BCUT2D eigenvalue weighted by molar-refractivity contribution is -0.112. The van der Waals surface area contributed by atoms with E-state index in [0.717, 1.165) is 0 Å². The highest BCUT2D eigenvalue weighted by atomic mass is 16.3. The Morgan fingerprint density at radius 1 is 1.36 bits per heavy atom. The van der Waals surface area contributed by atoms with Gasteiger partial charge in [0.05, 0.1) is 0 Å². The van der Waals surface area contributed by atoms with Crippen LogP contribution in [0.5, 0.6) is 11.5 Å². The second kappa shape index (κ2) is 3.83. The molecule has 1 amide bonds. The van der Waals surface area contributed by atoms with Crippen LogP contribution in [0.1, 0.15) is 6.92 Å². The molecule has 0 aliphatic rings. The molecule has 4 nitrogen and oxygen atoms in total. The van der Waals surface area contributed by atoms with Crippen molar-refractivity contribution in [1.82, 2.24) is 0 Å². The van der Waals surface area contributed by atoms with Crippen molar-refractivity contribution >= 4 is 11.6 Å². The average molecular weight is 193 g/mol. The zero-order valence-corrected chi connectivity index (χ0v) is 7.74. The van der Waals surface area contributed by atoms with Crippen LogP contribution in [-0.2, 0) is 4.79 Å². The molecule has 0 aromatic heterocycles. The molecule has 0 aliphatic carbocycles. The number of hydrogen-bond acceptors (Lipinski definition) is 3. The second-order valence-electron chi connectivity index (χ2n) is 2.94. The summed E-state index contributed by atoms with van der Waals surface area (Å²) < 4.78 is 0. The Bertz CT molecular complexity index is 385. The minimum Gasteiger partial charge on any atom is -0.504 e. The van der Waals surface area contributed by atoms with Crippen LogP contribution >= 0.6 is 0 Å². The average Bonchev–Trinajstić information content (AvgIpc) is 2.11. The van der Waals surface area contributed by atoms with Gasteiger partial charge in [-0.25, -0.2) is 0 Å². The van der Waals surface area contributed by atoms with E-state index in [9.17, 15) is 4.79 Å². The van der Waals surface area contributed by atoms with Crippen molar-refractivity contribution in [3.05, 3.63) is 30.4 Å². The summed E-state index contributed by atoms with van der Waals surface area (Å²) in [4.78, 5) is 11.2. The molecule has 1 rings (SSSR count). The first-order valence-corrected chi connectivity index (χ1v) is 3.99. The summed E-state index contributed by atoms with van der Waals surface area (Å²) in [5.74, 6) is -0.821. The van der Waals surface area contributed by atoms with E-state index in [4.69, 9.17) is 10.2 Å². The van der Waals surface area contributed by atoms with Gasteiger partial charge in [0.2, 0.25) is 0 Å². The van der Waals surface area contributed by atoms with Crippen molar-refractivity contribution in [1.29, 1.82) is 0 Å². The summed E-state index contributed by atoms with van der Waals surface area (Å²) in [7, 11) is 0. The molecule has 0 unspecified atom stereocenters. The third kappa shape index (κ3) is 2.26. The SMILES string of the molecule is C=C(C)C(=O)Nc1ccc(O)c(O)c1. The Morgan fingerprint density at radius 3 is 2.50 bits per heavy atom. The van der Waals surface area contributed by atoms with Gasteiger partial charge in [-0.05, 0) is 19.1 Å². The fraction of sp³-hybridized carbons (Fsp3) is 0.100. The van der Waals surface area contributed by atoms with E-state index in [1.54, 1.807) is 6.92 Å². The number of benzene rings is 1. The topological polar surface area (TPSA) is 69.6 Å².